The van der Waals surface area contributed by atoms with Crippen molar-refractivity contribution in [1.82, 2.24) is 4.98 Å². The highest BCUT2D eigenvalue weighted by atomic mass is 16.3. The van der Waals surface area contributed by atoms with Gasteiger partial charge in [0.25, 0.3) is 0 Å². The molecule has 2 rings (SSSR count). The number of anilines is 1. The first-order valence-corrected chi connectivity index (χ1v) is 6.45. The second-order valence-electron chi connectivity index (χ2n) is 5.40. The molecule has 0 amide bonds. The van der Waals surface area contributed by atoms with Gasteiger partial charge in [0, 0.05) is 17.8 Å². The average molecular weight is 234 g/mol. The summed E-state index contributed by atoms with van der Waals surface area (Å²) in [7, 11) is 0. The van der Waals surface area contributed by atoms with Crippen LogP contribution < -0.4 is 4.90 Å². The molecule has 94 valence electrons. The number of hydrogen-bond donors (Lipinski definition) is 1. The van der Waals surface area contributed by atoms with Crippen molar-refractivity contribution in [3.05, 3.63) is 23.4 Å². The largest absolute Gasteiger partial charge is 0.392 e. The summed E-state index contributed by atoms with van der Waals surface area (Å²) in [5, 5.41) is 9.31. The molecule has 1 aliphatic rings. The topological polar surface area (TPSA) is 36.4 Å². The molecule has 1 saturated heterocycles. The van der Waals surface area contributed by atoms with E-state index >= 15 is 0 Å². The predicted octanol–water partition coefficient (Wildman–Crippen LogP) is 2.52. The zero-order valence-electron chi connectivity index (χ0n) is 11.0. The minimum atomic E-state index is 0.0940. The second kappa shape index (κ2) is 4.65. The smallest absolute Gasteiger partial charge is 0.129 e. The normalized spacial score (nSPS) is 18.7. The summed E-state index contributed by atoms with van der Waals surface area (Å²) in [6.07, 6.45) is 3.34. The van der Waals surface area contributed by atoms with Crippen LogP contribution in [0.4, 0.5) is 5.82 Å². The maximum atomic E-state index is 9.31. The van der Waals surface area contributed by atoms with Gasteiger partial charge in [-0.2, -0.15) is 0 Å². The number of pyridine rings is 1. The van der Waals surface area contributed by atoms with Crippen molar-refractivity contribution in [2.75, 3.05) is 11.4 Å². The monoisotopic (exact) mass is 234 g/mol. The maximum Gasteiger partial charge on any atom is 0.129 e. The van der Waals surface area contributed by atoms with Gasteiger partial charge in [0.15, 0.2) is 0 Å². The minimum absolute atomic E-state index is 0.0940. The SMILES string of the molecule is CCc1cc(CO)cc(N2CCCC2(C)C)n1. The van der Waals surface area contributed by atoms with E-state index in [9.17, 15) is 5.11 Å². The predicted molar refractivity (Wildman–Crippen MR) is 70.2 cm³/mol. The Morgan fingerprint density at radius 2 is 2.18 bits per heavy atom. The fourth-order valence-electron chi connectivity index (χ4n) is 2.58. The quantitative estimate of drug-likeness (QED) is 0.873. The summed E-state index contributed by atoms with van der Waals surface area (Å²) in [4.78, 5) is 7.06. The highest BCUT2D eigenvalue weighted by molar-refractivity contribution is 5.46. The standard InChI is InChI=1S/C14H22N2O/c1-4-12-8-11(10-17)9-13(15-12)16-7-5-6-14(16,2)3/h8-9,17H,4-7,10H2,1-3H3. The molecule has 3 nitrogen and oxygen atoms in total. The molecule has 0 aromatic carbocycles. The average Bonchev–Trinajstić information content (AvgIpc) is 2.68. The lowest BCUT2D eigenvalue weighted by atomic mass is 10.0. The van der Waals surface area contributed by atoms with Crippen LogP contribution in [0.15, 0.2) is 12.1 Å². The van der Waals surface area contributed by atoms with E-state index in [0.29, 0.717) is 0 Å². The molecule has 0 atom stereocenters. The number of aromatic nitrogens is 1. The number of aliphatic hydroxyl groups is 1. The van der Waals surface area contributed by atoms with Crippen molar-refractivity contribution in [3.63, 3.8) is 0 Å². The van der Waals surface area contributed by atoms with Crippen LogP contribution in [0.25, 0.3) is 0 Å². The Balaban J connectivity index is 2.37. The molecule has 0 spiro atoms. The van der Waals surface area contributed by atoms with Crippen molar-refractivity contribution in [2.45, 2.75) is 52.2 Å². The van der Waals surface area contributed by atoms with Gasteiger partial charge in [0.2, 0.25) is 0 Å². The number of aliphatic hydroxyl groups excluding tert-OH is 1. The van der Waals surface area contributed by atoms with Gasteiger partial charge >= 0.3 is 0 Å². The van der Waals surface area contributed by atoms with Gasteiger partial charge in [-0.3, -0.25) is 0 Å². The lowest BCUT2D eigenvalue weighted by molar-refractivity contribution is 0.281. The summed E-state index contributed by atoms with van der Waals surface area (Å²) >= 11 is 0. The van der Waals surface area contributed by atoms with E-state index in [4.69, 9.17) is 4.98 Å². The molecule has 1 N–H and O–H groups in total. The van der Waals surface area contributed by atoms with Crippen molar-refractivity contribution in [3.8, 4) is 0 Å². The van der Waals surface area contributed by atoms with E-state index in [2.05, 4.69) is 25.7 Å². The molecule has 1 aromatic rings. The third kappa shape index (κ3) is 2.44. The van der Waals surface area contributed by atoms with Gasteiger partial charge in [-0.25, -0.2) is 4.98 Å². The highest BCUT2D eigenvalue weighted by Crippen LogP contribution is 2.33. The van der Waals surface area contributed by atoms with Gasteiger partial charge in [0.05, 0.1) is 6.61 Å². The Kier molecular flexibility index (Phi) is 3.38. The Labute approximate surface area is 103 Å². The molecule has 1 fully saturated rings. The third-order valence-corrected chi connectivity index (χ3v) is 3.65. The van der Waals surface area contributed by atoms with Crippen LogP contribution in [0.1, 0.15) is 44.9 Å². The van der Waals surface area contributed by atoms with Crippen LogP contribution in [-0.4, -0.2) is 22.2 Å². The van der Waals surface area contributed by atoms with Crippen LogP contribution in [0.5, 0.6) is 0 Å². The van der Waals surface area contributed by atoms with Gasteiger partial charge in [0.1, 0.15) is 5.82 Å². The third-order valence-electron chi connectivity index (χ3n) is 3.65. The van der Waals surface area contributed by atoms with E-state index < -0.39 is 0 Å². The maximum absolute atomic E-state index is 9.31. The lowest BCUT2D eigenvalue weighted by Gasteiger charge is -2.33. The van der Waals surface area contributed by atoms with Gasteiger partial charge in [-0.05, 0) is 50.8 Å². The molecular formula is C14H22N2O. The first-order valence-electron chi connectivity index (χ1n) is 6.45. The molecule has 0 unspecified atom stereocenters. The van der Waals surface area contributed by atoms with Crippen LogP contribution in [0, 0.1) is 0 Å². The summed E-state index contributed by atoms with van der Waals surface area (Å²) in [6, 6.07) is 4.01. The van der Waals surface area contributed by atoms with Gasteiger partial charge in [-0.15, -0.1) is 0 Å². The second-order valence-corrected chi connectivity index (χ2v) is 5.40. The summed E-state index contributed by atoms with van der Waals surface area (Å²) < 4.78 is 0. The van der Waals surface area contributed by atoms with Crippen LogP contribution >= 0.6 is 0 Å². The van der Waals surface area contributed by atoms with E-state index in [0.717, 1.165) is 30.0 Å². The Morgan fingerprint density at radius 3 is 2.71 bits per heavy atom. The number of rotatable bonds is 3. The molecule has 0 radical (unpaired) electrons. The molecule has 1 aromatic heterocycles. The molecule has 17 heavy (non-hydrogen) atoms. The fraction of sp³-hybridized carbons (Fsp3) is 0.643. The van der Waals surface area contributed by atoms with Crippen LogP contribution in [0.3, 0.4) is 0 Å². The molecule has 0 bridgehead atoms. The van der Waals surface area contributed by atoms with E-state index in [1.165, 1.54) is 12.8 Å². The molecule has 0 saturated carbocycles. The molecular weight excluding hydrogens is 212 g/mol. The van der Waals surface area contributed by atoms with E-state index in [1.807, 2.05) is 12.1 Å². The minimum Gasteiger partial charge on any atom is -0.392 e. The Morgan fingerprint density at radius 1 is 1.41 bits per heavy atom. The van der Waals surface area contributed by atoms with Gasteiger partial charge in [-0.1, -0.05) is 6.92 Å². The lowest BCUT2D eigenvalue weighted by Crippen LogP contribution is -2.38. The number of nitrogens with zero attached hydrogens (tertiary/aromatic N) is 2. The summed E-state index contributed by atoms with van der Waals surface area (Å²) in [6.45, 7) is 7.79. The molecule has 3 heteroatoms. The Bertz CT molecular complexity index is 379. The van der Waals surface area contributed by atoms with Crippen molar-refractivity contribution in [2.24, 2.45) is 0 Å². The van der Waals surface area contributed by atoms with Crippen molar-refractivity contribution < 1.29 is 5.11 Å². The summed E-state index contributed by atoms with van der Waals surface area (Å²) in [5.41, 5.74) is 2.22. The zero-order chi connectivity index (χ0) is 12.5. The number of hydrogen-bond acceptors (Lipinski definition) is 3. The number of aryl methyl sites for hydroxylation is 1. The Hall–Kier alpha value is -1.09. The molecule has 1 aliphatic heterocycles. The van der Waals surface area contributed by atoms with Gasteiger partial charge < -0.3 is 10.0 Å². The van der Waals surface area contributed by atoms with Crippen LogP contribution in [0.2, 0.25) is 0 Å². The van der Waals surface area contributed by atoms with E-state index in [-0.39, 0.29) is 12.1 Å². The first-order chi connectivity index (χ1) is 8.06. The van der Waals surface area contributed by atoms with Crippen molar-refractivity contribution >= 4 is 5.82 Å². The summed E-state index contributed by atoms with van der Waals surface area (Å²) in [5.74, 6) is 1.02. The highest BCUT2D eigenvalue weighted by Gasteiger charge is 2.32. The zero-order valence-corrected chi connectivity index (χ0v) is 11.0. The van der Waals surface area contributed by atoms with E-state index in [1.54, 1.807) is 0 Å². The van der Waals surface area contributed by atoms with Crippen molar-refractivity contribution in [1.29, 1.82) is 0 Å². The fourth-order valence-corrected chi connectivity index (χ4v) is 2.58. The van der Waals surface area contributed by atoms with Crippen LogP contribution in [-0.2, 0) is 13.0 Å². The first kappa shape index (κ1) is 12.4. The molecule has 0 aliphatic carbocycles. The molecule has 2 heterocycles.